The lowest BCUT2D eigenvalue weighted by Gasteiger charge is -2.22. The van der Waals surface area contributed by atoms with Crippen LogP contribution in [0.2, 0.25) is 5.02 Å². The van der Waals surface area contributed by atoms with Gasteiger partial charge < -0.3 is 10.8 Å². The van der Waals surface area contributed by atoms with E-state index in [1.165, 1.54) is 12.1 Å². The Morgan fingerprint density at radius 1 is 1.47 bits per heavy atom. The van der Waals surface area contributed by atoms with Crippen molar-refractivity contribution in [2.75, 3.05) is 18.9 Å². The first-order valence-electron chi connectivity index (χ1n) is 5.44. The minimum atomic E-state index is -3.75. The summed E-state index contributed by atoms with van der Waals surface area (Å²) >= 11 is 8.95. The van der Waals surface area contributed by atoms with E-state index in [4.69, 9.17) is 22.4 Å². The summed E-state index contributed by atoms with van der Waals surface area (Å²) in [4.78, 5) is -0.0220. The van der Waals surface area contributed by atoms with Crippen molar-refractivity contribution in [1.82, 2.24) is 4.72 Å². The lowest BCUT2D eigenvalue weighted by atomic mass is 9.96. The van der Waals surface area contributed by atoms with Crippen molar-refractivity contribution in [1.29, 1.82) is 0 Å². The fourth-order valence-corrected chi connectivity index (χ4v) is 3.74. The minimum Gasteiger partial charge on any atom is -0.398 e. The number of hydrogen-bond acceptors (Lipinski definition) is 4. The molecule has 0 unspecified atom stereocenters. The molecule has 0 spiro atoms. The zero-order chi connectivity index (χ0) is 14.8. The van der Waals surface area contributed by atoms with Crippen LogP contribution in [-0.4, -0.2) is 26.7 Å². The second kappa shape index (κ2) is 5.97. The molecule has 8 heteroatoms. The van der Waals surface area contributed by atoms with Crippen LogP contribution in [0, 0.1) is 5.41 Å². The van der Waals surface area contributed by atoms with Gasteiger partial charge in [-0.15, -0.1) is 0 Å². The van der Waals surface area contributed by atoms with Crippen molar-refractivity contribution in [3.63, 3.8) is 0 Å². The number of rotatable bonds is 5. The zero-order valence-electron chi connectivity index (χ0n) is 10.6. The Balaban J connectivity index is 3.08. The molecule has 0 radical (unpaired) electrons. The molecule has 1 aromatic carbocycles. The van der Waals surface area contributed by atoms with Crippen molar-refractivity contribution in [2.24, 2.45) is 5.41 Å². The zero-order valence-corrected chi connectivity index (χ0v) is 13.7. The van der Waals surface area contributed by atoms with Crippen LogP contribution in [0.15, 0.2) is 21.5 Å². The lowest BCUT2D eigenvalue weighted by molar-refractivity contribution is 0.163. The Morgan fingerprint density at radius 2 is 2.05 bits per heavy atom. The normalized spacial score (nSPS) is 12.7. The van der Waals surface area contributed by atoms with Crippen LogP contribution in [0.1, 0.15) is 13.8 Å². The number of hydrogen-bond donors (Lipinski definition) is 3. The maximum Gasteiger partial charge on any atom is 0.241 e. The molecule has 0 heterocycles. The molecule has 0 amide bonds. The molecule has 1 aromatic rings. The van der Waals surface area contributed by atoms with Gasteiger partial charge in [0.2, 0.25) is 10.0 Å². The first kappa shape index (κ1) is 16.7. The van der Waals surface area contributed by atoms with Gasteiger partial charge in [-0.05, 0) is 28.1 Å². The van der Waals surface area contributed by atoms with Gasteiger partial charge in [0.05, 0.1) is 9.37 Å². The summed E-state index contributed by atoms with van der Waals surface area (Å²) in [7, 11) is -3.75. The van der Waals surface area contributed by atoms with E-state index in [0.717, 1.165) is 0 Å². The van der Waals surface area contributed by atoms with Gasteiger partial charge >= 0.3 is 0 Å². The summed E-state index contributed by atoms with van der Waals surface area (Å²) in [6.45, 7) is 3.47. The van der Waals surface area contributed by atoms with E-state index in [-0.39, 0.29) is 33.2 Å². The molecule has 0 aromatic heterocycles. The molecule has 0 aliphatic carbocycles. The average Bonchev–Trinajstić information content (AvgIpc) is 2.31. The van der Waals surface area contributed by atoms with Crippen molar-refractivity contribution in [3.8, 4) is 0 Å². The summed E-state index contributed by atoms with van der Waals surface area (Å²) in [5, 5.41) is 9.36. The molecule has 0 saturated carbocycles. The van der Waals surface area contributed by atoms with Crippen molar-refractivity contribution in [2.45, 2.75) is 18.7 Å². The van der Waals surface area contributed by atoms with Crippen LogP contribution in [0.25, 0.3) is 0 Å². The highest BCUT2D eigenvalue weighted by molar-refractivity contribution is 9.10. The first-order chi connectivity index (χ1) is 8.59. The molecule has 0 aliphatic heterocycles. The molecule has 108 valence electrons. The smallest absolute Gasteiger partial charge is 0.241 e. The average molecular weight is 372 g/mol. The van der Waals surface area contributed by atoms with Crippen LogP contribution >= 0.6 is 27.5 Å². The monoisotopic (exact) mass is 370 g/mol. The predicted octanol–water partition coefficient (Wildman–Crippen LogP) is 1.98. The Bertz CT molecular complexity index is 576. The number of aliphatic hydroxyl groups is 1. The van der Waals surface area contributed by atoms with Crippen LogP contribution in [0.3, 0.4) is 0 Å². The second-order valence-electron chi connectivity index (χ2n) is 4.95. The third kappa shape index (κ3) is 4.32. The number of halogens is 2. The second-order valence-corrected chi connectivity index (χ2v) is 7.92. The largest absolute Gasteiger partial charge is 0.398 e. The summed E-state index contributed by atoms with van der Waals surface area (Å²) in [5.41, 5.74) is 5.36. The van der Waals surface area contributed by atoms with Crippen LogP contribution in [0.4, 0.5) is 5.69 Å². The number of nitrogen functional groups attached to an aromatic ring is 1. The fourth-order valence-electron chi connectivity index (χ4n) is 1.20. The van der Waals surface area contributed by atoms with E-state index in [1.807, 2.05) is 0 Å². The van der Waals surface area contributed by atoms with E-state index in [2.05, 4.69) is 20.7 Å². The SMILES string of the molecule is CC(C)(CO)CNS(=O)(=O)c1cc(Cl)cc(N)c1Br. The molecular formula is C11H16BrClN2O3S. The molecule has 19 heavy (non-hydrogen) atoms. The summed E-state index contributed by atoms with van der Waals surface area (Å²) in [5.74, 6) is 0. The molecule has 5 nitrogen and oxygen atoms in total. The summed E-state index contributed by atoms with van der Waals surface area (Å²) in [6.07, 6.45) is 0. The molecule has 0 bridgehead atoms. The van der Waals surface area contributed by atoms with Crippen molar-refractivity contribution >= 4 is 43.2 Å². The number of nitrogens with one attached hydrogen (secondary N) is 1. The molecule has 1 rings (SSSR count). The molecule has 0 atom stereocenters. The molecule has 4 N–H and O–H groups in total. The van der Waals surface area contributed by atoms with Gasteiger partial charge in [0.15, 0.2) is 0 Å². The third-order valence-corrected chi connectivity index (χ3v) is 5.28. The van der Waals surface area contributed by atoms with Gasteiger partial charge in [0, 0.05) is 29.3 Å². The Morgan fingerprint density at radius 3 is 2.58 bits per heavy atom. The van der Waals surface area contributed by atoms with Gasteiger partial charge in [-0.25, -0.2) is 13.1 Å². The van der Waals surface area contributed by atoms with Gasteiger partial charge in [-0.1, -0.05) is 25.4 Å². The predicted molar refractivity (Wildman–Crippen MR) is 79.6 cm³/mol. The standard InChI is InChI=1S/C11H16BrClN2O3S/c1-11(2,6-16)5-15-19(17,18)9-4-7(13)3-8(14)10(9)12/h3-4,15-16H,5-6,14H2,1-2H3. The Hall–Kier alpha value is -0.340. The third-order valence-electron chi connectivity index (χ3n) is 2.49. The van der Waals surface area contributed by atoms with E-state index < -0.39 is 15.4 Å². The summed E-state index contributed by atoms with van der Waals surface area (Å²) < 4.78 is 27.1. The van der Waals surface area contributed by atoms with E-state index >= 15 is 0 Å². The quantitative estimate of drug-likeness (QED) is 0.690. The van der Waals surface area contributed by atoms with Gasteiger partial charge in [-0.2, -0.15) is 0 Å². The topological polar surface area (TPSA) is 92.4 Å². The maximum atomic E-state index is 12.2. The molecular weight excluding hydrogens is 356 g/mol. The van der Waals surface area contributed by atoms with Crippen LogP contribution in [0.5, 0.6) is 0 Å². The number of nitrogens with two attached hydrogens (primary N) is 1. The molecule has 0 fully saturated rings. The molecule has 0 saturated heterocycles. The number of sulfonamides is 1. The van der Waals surface area contributed by atoms with E-state index in [0.29, 0.717) is 0 Å². The van der Waals surface area contributed by atoms with Gasteiger partial charge in [0.1, 0.15) is 0 Å². The van der Waals surface area contributed by atoms with Crippen LogP contribution < -0.4 is 10.5 Å². The minimum absolute atomic E-state index is 0.0220. The van der Waals surface area contributed by atoms with Gasteiger partial charge in [0.25, 0.3) is 0 Å². The molecule has 0 aliphatic rings. The Labute approximate surface area is 126 Å². The highest BCUT2D eigenvalue weighted by atomic mass is 79.9. The van der Waals surface area contributed by atoms with Crippen molar-refractivity contribution < 1.29 is 13.5 Å². The van der Waals surface area contributed by atoms with Gasteiger partial charge in [-0.3, -0.25) is 0 Å². The summed E-state index contributed by atoms with van der Waals surface area (Å²) in [6, 6.07) is 2.78. The van der Waals surface area contributed by atoms with E-state index in [9.17, 15) is 8.42 Å². The van der Waals surface area contributed by atoms with Crippen LogP contribution in [-0.2, 0) is 10.0 Å². The van der Waals surface area contributed by atoms with E-state index in [1.54, 1.807) is 13.8 Å². The first-order valence-corrected chi connectivity index (χ1v) is 8.09. The fraction of sp³-hybridized carbons (Fsp3) is 0.455. The number of benzene rings is 1. The highest BCUT2D eigenvalue weighted by Crippen LogP contribution is 2.31. The highest BCUT2D eigenvalue weighted by Gasteiger charge is 2.24. The number of aliphatic hydroxyl groups excluding tert-OH is 1. The number of anilines is 1. The van der Waals surface area contributed by atoms with Crippen molar-refractivity contribution in [3.05, 3.63) is 21.6 Å². The Kier molecular flexibility index (Phi) is 5.25. The maximum absolute atomic E-state index is 12.2. The lowest BCUT2D eigenvalue weighted by Crippen LogP contribution is -2.36.